The standard InChI is InChI=1S/C18H14FNO4/c1-11(18(22)20-15-5-3-2-4-14(15)19)23-13-8-6-12-7-9-17(21)24-16(12)10-13/h2-11H,1H3,(H,20,22). The molecule has 1 aromatic heterocycles. The second-order valence-corrected chi connectivity index (χ2v) is 5.18. The highest BCUT2D eigenvalue weighted by Gasteiger charge is 2.16. The molecule has 3 aromatic rings. The molecular formula is C18H14FNO4. The molecule has 6 heteroatoms. The SMILES string of the molecule is CC(Oc1ccc2ccc(=O)oc2c1)C(=O)Nc1ccccc1F. The van der Waals surface area contributed by atoms with Crippen molar-refractivity contribution < 1.29 is 18.3 Å². The minimum Gasteiger partial charge on any atom is -0.481 e. The summed E-state index contributed by atoms with van der Waals surface area (Å²) in [4.78, 5) is 23.4. The fraction of sp³-hybridized carbons (Fsp3) is 0.111. The first-order valence-corrected chi connectivity index (χ1v) is 7.29. The number of anilines is 1. The third-order valence-electron chi connectivity index (χ3n) is 3.41. The number of ether oxygens (including phenoxy) is 1. The number of carbonyl (C=O) groups excluding carboxylic acids is 1. The van der Waals surface area contributed by atoms with Gasteiger partial charge in [-0.2, -0.15) is 0 Å². The van der Waals surface area contributed by atoms with E-state index in [9.17, 15) is 14.0 Å². The van der Waals surface area contributed by atoms with Crippen LogP contribution in [0, 0.1) is 5.82 Å². The Balaban J connectivity index is 1.74. The van der Waals surface area contributed by atoms with E-state index in [-0.39, 0.29) is 5.69 Å². The third kappa shape index (κ3) is 3.43. The van der Waals surface area contributed by atoms with Gasteiger partial charge in [0.25, 0.3) is 5.91 Å². The molecule has 1 atom stereocenters. The van der Waals surface area contributed by atoms with E-state index < -0.39 is 23.5 Å². The second-order valence-electron chi connectivity index (χ2n) is 5.18. The molecule has 0 spiro atoms. The Morgan fingerprint density at radius 1 is 1.17 bits per heavy atom. The van der Waals surface area contributed by atoms with Crippen molar-refractivity contribution in [3.63, 3.8) is 0 Å². The van der Waals surface area contributed by atoms with Gasteiger partial charge < -0.3 is 14.5 Å². The van der Waals surface area contributed by atoms with Crippen LogP contribution in [0.3, 0.4) is 0 Å². The van der Waals surface area contributed by atoms with Crippen LogP contribution in [0.5, 0.6) is 5.75 Å². The van der Waals surface area contributed by atoms with Crippen LogP contribution in [-0.4, -0.2) is 12.0 Å². The van der Waals surface area contributed by atoms with E-state index >= 15 is 0 Å². The Hall–Kier alpha value is -3.15. The van der Waals surface area contributed by atoms with E-state index in [0.29, 0.717) is 11.3 Å². The minimum atomic E-state index is -0.863. The predicted molar refractivity (Wildman–Crippen MR) is 87.6 cm³/mol. The molecule has 3 rings (SSSR count). The number of amides is 1. The van der Waals surface area contributed by atoms with Gasteiger partial charge in [0.05, 0.1) is 5.69 Å². The van der Waals surface area contributed by atoms with Crippen LogP contribution in [0.25, 0.3) is 11.0 Å². The number of carbonyl (C=O) groups is 1. The Kier molecular flexibility index (Phi) is 4.29. The molecule has 0 bridgehead atoms. The van der Waals surface area contributed by atoms with Gasteiger partial charge in [0.15, 0.2) is 6.10 Å². The second kappa shape index (κ2) is 6.54. The number of hydrogen-bond acceptors (Lipinski definition) is 4. The highest BCUT2D eigenvalue weighted by molar-refractivity contribution is 5.94. The predicted octanol–water partition coefficient (Wildman–Crippen LogP) is 3.34. The van der Waals surface area contributed by atoms with E-state index in [4.69, 9.17) is 9.15 Å². The molecular weight excluding hydrogens is 313 g/mol. The van der Waals surface area contributed by atoms with Gasteiger partial charge in [-0.05, 0) is 37.3 Å². The molecule has 0 radical (unpaired) electrons. The van der Waals surface area contributed by atoms with Crippen LogP contribution in [-0.2, 0) is 4.79 Å². The first-order chi connectivity index (χ1) is 11.5. The molecule has 0 aliphatic heterocycles. The largest absolute Gasteiger partial charge is 0.481 e. The monoisotopic (exact) mass is 327 g/mol. The van der Waals surface area contributed by atoms with Crippen LogP contribution in [0.2, 0.25) is 0 Å². The third-order valence-corrected chi connectivity index (χ3v) is 3.41. The lowest BCUT2D eigenvalue weighted by atomic mass is 10.2. The zero-order valence-corrected chi connectivity index (χ0v) is 12.8. The Morgan fingerprint density at radius 3 is 2.71 bits per heavy atom. The molecule has 122 valence electrons. The first kappa shape index (κ1) is 15.7. The van der Waals surface area contributed by atoms with Crippen molar-refractivity contribution in [1.29, 1.82) is 0 Å². The summed E-state index contributed by atoms with van der Waals surface area (Å²) in [5.41, 5.74) is -0.0193. The number of fused-ring (bicyclic) bond motifs is 1. The van der Waals surface area contributed by atoms with Gasteiger partial charge in [-0.15, -0.1) is 0 Å². The van der Waals surface area contributed by atoms with Crippen molar-refractivity contribution in [3.05, 3.63) is 70.8 Å². The number of hydrogen-bond donors (Lipinski definition) is 1. The van der Waals surface area contributed by atoms with Crippen molar-refractivity contribution in [3.8, 4) is 5.75 Å². The molecule has 0 saturated heterocycles. The fourth-order valence-electron chi connectivity index (χ4n) is 2.17. The minimum absolute atomic E-state index is 0.0856. The van der Waals surface area contributed by atoms with Crippen molar-refractivity contribution in [1.82, 2.24) is 0 Å². The number of nitrogens with one attached hydrogen (secondary N) is 1. The zero-order chi connectivity index (χ0) is 17.1. The highest BCUT2D eigenvalue weighted by Crippen LogP contribution is 2.21. The van der Waals surface area contributed by atoms with Gasteiger partial charge in [-0.25, -0.2) is 9.18 Å². The van der Waals surface area contributed by atoms with Gasteiger partial charge in [0.2, 0.25) is 0 Å². The zero-order valence-electron chi connectivity index (χ0n) is 12.8. The van der Waals surface area contributed by atoms with Gasteiger partial charge in [-0.3, -0.25) is 4.79 Å². The summed E-state index contributed by atoms with van der Waals surface area (Å²) in [6.07, 6.45) is -0.863. The number of benzene rings is 2. The molecule has 1 amide bonds. The van der Waals surface area contributed by atoms with Crippen molar-refractivity contribution >= 4 is 22.6 Å². The molecule has 2 aromatic carbocycles. The first-order valence-electron chi connectivity index (χ1n) is 7.29. The summed E-state index contributed by atoms with van der Waals surface area (Å²) >= 11 is 0. The highest BCUT2D eigenvalue weighted by atomic mass is 19.1. The topological polar surface area (TPSA) is 68.5 Å². The van der Waals surface area contributed by atoms with Crippen LogP contribution in [0.4, 0.5) is 10.1 Å². The Bertz CT molecular complexity index is 951. The maximum absolute atomic E-state index is 13.6. The number of halogens is 1. The van der Waals surface area contributed by atoms with Crippen molar-refractivity contribution in [2.24, 2.45) is 0 Å². The van der Waals surface area contributed by atoms with E-state index in [1.54, 1.807) is 31.2 Å². The summed E-state index contributed by atoms with van der Waals surface area (Å²) in [6, 6.07) is 13.8. The molecule has 24 heavy (non-hydrogen) atoms. The molecule has 1 heterocycles. The quantitative estimate of drug-likeness (QED) is 0.746. The summed E-state index contributed by atoms with van der Waals surface area (Å²) < 4.78 is 24.2. The van der Waals surface area contributed by atoms with Crippen LogP contribution in [0.15, 0.2) is 63.8 Å². The van der Waals surface area contributed by atoms with E-state index in [0.717, 1.165) is 5.39 Å². The van der Waals surface area contributed by atoms with Gasteiger partial charge in [0.1, 0.15) is 17.1 Å². The average molecular weight is 327 g/mol. The van der Waals surface area contributed by atoms with E-state index in [1.807, 2.05) is 0 Å². The lowest BCUT2D eigenvalue weighted by Crippen LogP contribution is -2.30. The van der Waals surface area contributed by atoms with Crippen molar-refractivity contribution in [2.45, 2.75) is 13.0 Å². The Labute approximate surface area is 136 Å². The molecule has 0 aliphatic carbocycles. The molecule has 0 aliphatic rings. The van der Waals surface area contributed by atoms with Gasteiger partial charge in [-0.1, -0.05) is 12.1 Å². The number of rotatable bonds is 4. The lowest BCUT2D eigenvalue weighted by molar-refractivity contribution is -0.122. The fourth-order valence-corrected chi connectivity index (χ4v) is 2.17. The normalized spacial score (nSPS) is 11.9. The molecule has 0 saturated carbocycles. The summed E-state index contributed by atoms with van der Waals surface area (Å²) in [5.74, 6) is -0.645. The van der Waals surface area contributed by atoms with Gasteiger partial charge in [0, 0.05) is 17.5 Å². The lowest BCUT2D eigenvalue weighted by Gasteiger charge is -2.15. The summed E-state index contributed by atoms with van der Waals surface area (Å²) in [7, 11) is 0. The van der Waals surface area contributed by atoms with Gasteiger partial charge >= 0.3 is 5.63 Å². The van der Waals surface area contributed by atoms with Crippen LogP contribution >= 0.6 is 0 Å². The van der Waals surface area contributed by atoms with Crippen LogP contribution < -0.4 is 15.7 Å². The van der Waals surface area contributed by atoms with Crippen LogP contribution in [0.1, 0.15) is 6.92 Å². The Morgan fingerprint density at radius 2 is 1.92 bits per heavy atom. The smallest absolute Gasteiger partial charge is 0.336 e. The molecule has 1 N–H and O–H groups in total. The molecule has 0 fully saturated rings. The molecule has 5 nitrogen and oxygen atoms in total. The molecule has 1 unspecified atom stereocenters. The number of para-hydroxylation sites is 1. The average Bonchev–Trinajstić information content (AvgIpc) is 2.56. The maximum atomic E-state index is 13.6. The maximum Gasteiger partial charge on any atom is 0.336 e. The summed E-state index contributed by atoms with van der Waals surface area (Å²) in [6.45, 7) is 1.54. The van der Waals surface area contributed by atoms with Crippen molar-refractivity contribution in [2.75, 3.05) is 5.32 Å². The van der Waals surface area contributed by atoms with E-state index in [1.165, 1.54) is 30.3 Å². The van der Waals surface area contributed by atoms with E-state index in [2.05, 4.69) is 5.32 Å². The summed E-state index contributed by atoms with van der Waals surface area (Å²) in [5, 5.41) is 3.21.